The van der Waals surface area contributed by atoms with Gasteiger partial charge in [0.2, 0.25) is 5.91 Å². The van der Waals surface area contributed by atoms with E-state index in [1.807, 2.05) is 18.7 Å². The standard InChI is InChI=1S/C17H23F3N4O3/c1-12(2)21-16(25)11-22-6-3-7-23(9-8-22)14-5-4-13(17(18,19)20)10-15(14)24(26)27/h4-5,10,12H,3,6-9,11H2,1-2H3,(H,21,25). The summed E-state index contributed by atoms with van der Waals surface area (Å²) in [6.07, 6.45) is -3.99. The molecule has 7 nitrogen and oxygen atoms in total. The Morgan fingerprint density at radius 3 is 2.56 bits per heavy atom. The van der Waals surface area contributed by atoms with E-state index in [1.54, 1.807) is 4.90 Å². The van der Waals surface area contributed by atoms with Crippen molar-refractivity contribution < 1.29 is 22.9 Å². The molecule has 1 saturated heterocycles. The van der Waals surface area contributed by atoms with Gasteiger partial charge in [-0.3, -0.25) is 19.8 Å². The van der Waals surface area contributed by atoms with Gasteiger partial charge in [-0.2, -0.15) is 13.2 Å². The van der Waals surface area contributed by atoms with E-state index in [0.29, 0.717) is 38.7 Å². The van der Waals surface area contributed by atoms with Crippen molar-refractivity contribution in [3.8, 4) is 0 Å². The number of rotatable bonds is 5. The van der Waals surface area contributed by atoms with Gasteiger partial charge in [-0.1, -0.05) is 0 Å². The van der Waals surface area contributed by atoms with E-state index in [1.165, 1.54) is 0 Å². The van der Waals surface area contributed by atoms with Crippen molar-refractivity contribution in [3.63, 3.8) is 0 Å². The first-order valence-corrected chi connectivity index (χ1v) is 8.70. The number of halogens is 3. The molecule has 1 amide bonds. The Labute approximate surface area is 155 Å². The minimum absolute atomic E-state index is 0.0378. The van der Waals surface area contributed by atoms with Gasteiger partial charge in [-0.25, -0.2) is 0 Å². The number of nitro groups is 1. The van der Waals surface area contributed by atoms with Gasteiger partial charge in [-0.05, 0) is 32.4 Å². The number of alkyl halides is 3. The quantitative estimate of drug-likeness (QED) is 0.620. The Morgan fingerprint density at radius 1 is 1.26 bits per heavy atom. The second-order valence-electron chi connectivity index (χ2n) is 6.80. The summed E-state index contributed by atoms with van der Waals surface area (Å²) in [5, 5.41) is 14.1. The van der Waals surface area contributed by atoms with Crippen LogP contribution in [0.2, 0.25) is 0 Å². The molecule has 1 aliphatic rings. The lowest BCUT2D eigenvalue weighted by molar-refractivity contribution is -0.384. The van der Waals surface area contributed by atoms with Crippen LogP contribution in [0.4, 0.5) is 24.5 Å². The average Bonchev–Trinajstić information content (AvgIpc) is 2.78. The van der Waals surface area contributed by atoms with E-state index in [-0.39, 0.29) is 24.2 Å². The molecule has 1 fully saturated rings. The zero-order valence-electron chi connectivity index (χ0n) is 15.3. The van der Waals surface area contributed by atoms with Crippen LogP contribution < -0.4 is 10.2 Å². The molecular weight excluding hydrogens is 365 g/mol. The maximum Gasteiger partial charge on any atom is 0.416 e. The number of hydrogen-bond acceptors (Lipinski definition) is 5. The first-order chi connectivity index (χ1) is 12.6. The number of carbonyl (C=O) groups excluding carboxylic acids is 1. The van der Waals surface area contributed by atoms with E-state index in [0.717, 1.165) is 12.1 Å². The summed E-state index contributed by atoms with van der Waals surface area (Å²) in [4.78, 5) is 26.0. The molecule has 1 N–H and O–H groups in total. The van der Waals surface area contributed by atoms with Gasteiger partial charge in [0, 0.05) is 38.3 Å². The topological polar surface area (TPSA) is 78.7 Å². The molecule has 1 aromatic carbocycles. The van der Waals surface area contributed by atoms with Crippen molar-refractivity contribution >= 4 is 17.3 Å². The van der Waals surface area contributed by atoms with Crippen LogP contribution in [0.3, 0.4) is 0 Å². The molecule has 150 valence electrons. The minimum atomic E-state index is -4.64. The first-order valence-electron chi connectivity index (χ1n) is 8.70. The number of carbonyl (C=O) groups is 1. The third kappa shape index (κ3) is 5.81. The predicted molar refractivity (Wildman–Crippen MR) is 94.6 cm³/mol. The summed E-state index contributed by atoms with van der Waals surface area (Å²) < 4.78 is 38.6. The van der Waals surface area contributed by atoms with Crippen molar-refractivity contribution in [3.05, 3.63) is 33.9 Å². The molecule has 1 heterocycles. The highest BCUT2D eigenvalue weighted by atomic mass is 19.4. The molecule has 0 radical (unpaired) electrons. The van der Waals surface area contributed by atoms with Crippen LogP contribution in [0.25, 0.3) is 0 Å². The van der Waals surface area contributed by atoms with Crippen LogP contribution in [-0.4, -0.2) is 54.5 Å². The molecule has 0 spiro atoms. The maximum absolute atomic E-state index is 12.9. The highest BCUT2D eigenvalue weighted by Crippen LogP contribution is 2.36. The zero-order valence-corrected chi connectivity index (χ0v) is 15.3. The SMILES string of the molecule is CC(C)NC(=O)CN1CCCN(c2ccc(C(F)(F)F)cc2[N+](=O)[O-])CC1. The van der Waals surface area contributed by atoms with E-state index in [2.05, 4.69) is 5.32 Å². The van der Waals surface area contributed by atoms with Crippen molar-refractivity contribution in [1.82, 2.24) is 10.2 Å². The maximum atomic E-state index is 12.9. The number of amides is 1. The van der Waals surface area contributed by atoms with Crippen molar-refractivity contribution in [2.45, 2.75) is 32.5 Å². The molecule has 0 aliphatic carbocycles. The second-order valence-corrected chi connectivity index (χ2v) is 6.80. The summed E-state index contributed by atoms with van der Waals surface area (Å²) in [6.45, 7) is 5.94. The van der Waals surface area contributed by atoms with Gasteiger partial charge in [0.15, 0.2) is 0 Å². The zero-order chi connectivity index (χ0) is 20.2. The van der Waals surface area contributed by atoms with Crippen molar-refractivity contribution in [2.24, 2.45) is 0 Å². The van der Waals surface area contributed by atoms with Crippen LogP contribution in [0.5, 0.6) is 0 Å². The van der Waals surface area contributed by atoms with Gasteiger partial charge in [0.1, 0.15) is 5.69 Å². The van der Waals surface area contributed by atoms with Crippen molar-refractivity contribution in [2.75, 3.05) is 37.6 Å². The van der Waals surface area contributed by atoms with E-state index in [9.17, 15) is 28.1 Å². The van der Waals surface area contributed by atoms with Gasteiger partial charge < -0.3 is 10.2 Å². The van der Waals surface area contributed by atoms with E-state index >= 15 is 0 Å². The molecule has 1 aliphatic heterocycles. The number of hydrogen-bond donors (Lipinski definition) is 1. The fraction of sp³-hybridized carbons (Fsp3) is 0.588. The Bertz CT molecular complexity index is 694. The molecular formula is C17H23F3N4O3. The number of nitrogens with zero attached hydrogens (tertiary/aromatic N) is 3. The number of nitrogens with one attached hydrogen (secondary N) is 1. The summed E-state index contributed by atoms with van der Waals surface area (Å²) in [5.41, 5.74) is -1.43. The van der Waals surface area contributed by atoms with E-state index < -0.39 is 22.4 Å². The molecule has 27 heavy (non-hydrogen) atoms. The Kier molecular flexibility index (Phi) is 6.63. The molecule has 1 aromatic rings. The monoisotopic (exact) mass is 388 g/mol. The molecule has 0 atom stereocenters. The smallest absolute Gasteiger partial charge is 0.365 e. The van der Waals surface area contributed by atoms with E-state index in [4.69, 9.17) is 0 Å². The summed E-state index contributed by atoms with van der Waals surface area (Å²) in [6, 6.07) is 2.63. The predicted octanol–water partition coefficient (Wildman–Crippen LogP) is 2.65. The highest BCUT2D eigenvalue weighted by molar-refractivity contribution is 5.78. The van der Waals surface area contributed by atoms with Gasteiger partial charge in [0.05, 0.1) is 17.0 Å². The van der Waals surface area contributed by atoms with Crippen LogP contribution in [0, 0.1) is 10.1 Å². The third-order valence-corrected chi connectivity index (χ3v) is 4.25. The molecule has 10 heteroatoms. The van der Waals surface area contributed by atoms with Gasteiger partial charge in [-0.15, -0.1) is 0 Å². The Hall–Kier alpha value is -2.36. The lowest BCUT2D eigenvalue weighted by Crippen LogP contribution is -2.41. The lowest BCUT2D eigenvalue weighted by Gasteiger charge is -2.24. The molecule has 0 unspecified atom stereocenters. The number of nitro benzene ring substituents is 1. The van der Waals surface area contributed by atoms with Gasteiger partial charge in [0.25, 0.3) is 5.69 Å². The molecule has 0 saturated carbocycles. The van der Waals surface area contributed by atoms with Crippen LogP contribution in [0.1, 0.15) is 25.8 Å². The normalized spacial score (nSPS) is 16.3. The highest BCUT2D eigenvalue weighted by Gasteiger charge is 2.34. The first kappa shape index (κ1) is 20.9. The summed E-state index contributed by atoms with van der Waals surface area (Å²) in [5.74, 6) is -0.0982. The second kappa shape index (κ2) is 8.55. The number of benzene rings is 1. The van der Waals surface area contributed by atoms with Gasteiger partial charge >= 0.3 is 6.18 Å². The number of anilines is 1. The van der Waals surface area contributed by atoms with Crippen LogP contribution in [-0.2, 0) is 11.0 Å². The lowest BCUT2D eigenvalue weighted by atomic mass is 10.1. The molecule has 0 aromatic heterocycles. The summed E-state index contributed by atoms with van der Waals surface area (Å²) >= 11 is 0. The third-order valence-electron chi connectivity index (χ3n) is 4.25. The summed E-state index contributed by atoms with van der Waals surface area (Å²) in [7, 11) is 0. The van der Waals surface area contributed by atoms with Crippen LogP contribution in [0.15, 0.2) is 18.2 Å². The fourth-order valence-electron chi connectivity index (χ4n) is 3.05. The molecule has 2 rings (SSSR count). The largest absolute Gasteiger partial charge is 0.416 e. The van der Waals surface area contributed by atoms with Crippen molar-refractivity contribution in [1.29, 1.82) is 0 Å². The Balaban J connectivity index is 2.13. The minimum Gasteiger partial charge on any atom is -0.365 e. The van der Waals surface area contributed by atoms with Crippen LogP contribution >= 0.6 is 0 Å². The average molecular weight is 388 g/mol. The Morgan fingerprint density at radius 2 is 1.96 bits per heavy atom. The molecule has 0 bridgehead atoms. The fourth-order valence-corrected chi connectivity index (χ4v) is 3.05.